The van der Waals surface area contributed by atoms with Crippen molar-refractivity contribution in [3.63, 3.8) is 0 Å². The summed E-state index contributed by atoms with van der Waals surface area (Å²) < 4.78 is 3.98. The molecule has 18 heavy (non-hydrogen) atoms. The first kappa shape index (κ1) is 13.2. The van der Waals surface area contributed by atoms with Crippen LogP contribution in [0.2, 0.25) is 0 Å². The van der Waals surface area contributed by atoms with Crippen molar-refractivity contribution in [2.24, 2.45) is 0 Å². The van der Waals surface area contributed by atoms with Gasteiger partial charge in [-0.2, -0.15) is 0 Å². The first-order chi connectivity index (χ1) is 8.74. The molecule has 1 heterocycles. The smallest absolute Gasteiger partial charge is 0.0706 e. The summed E-state index contributed by atoms with van der Waals surface area (Å²) in [5, 5.41) is 7.54. The van der Waals surface area contributed by atoms with E-state index < -0.39 is 0 Å². The van der Waals surface area contributed by atoms with Crippen LogP contribution in [0.25, 0.3) is 0 Å². The van der Waals surface area contributed by atoms with Gasteiger partial charge in [-0.15, -0.1) is 5.10 Å². The van der Waals surface area contributed by atoms with Gasteiger partial charge in [0.05, 0.1) is 17.1 Å². The molecule has 0 bridgehead atoms. The largest absolute Gasteiger partial charge is 0.305 e. The highest BCUT2D eigenvalue weighted by Crippen LogP contribution is 2.27. The molecule has 0 fully saturated rings. The fraction of sp³-hybridized carbons (Fsp3) is 0.429. The van der Waals surface area contributed by atoms with E-state index in [4.69, 9.17) is 0 Å². The second kappa shape index (κ2) is 6.07. The second-order valence-corrected chi connectivity index (χ2v) is 5.31. The number of hydrogen-bond donors (Lipinski definition) is 1. The molecular formula is C14H19N3S. The third-order valence-electron chi connectivity index (χ3n) is 3.22. The summed E-state index contributed by atoms with van der Waals surface area (Å²) in [4.78, 5) is 1.18. The molecule has 0 amide bonds. The Kier molecular flexibility index (Phi) is 4.44. The van der Waals surface area contributed by atoms with Crippen LogP contribution in [0.4, 0.5) is 0 Å². The lowest BCUT2D eigenvalue weighted by Crippen LogP contribution is -2.23. The first-order valence-corrected chi connectivity index (χ1v) is 7.08. The summed E-state index contributed by atoms with van der Waals surface area (Å²) >= 11 is 1.47. The van der Waals surface area contributed by atoms with Crippen LogP contribution in [0, 0.1) is 13.8 Å². The van der Waals surface area contributed by atoms with Gasteiger partial charge in [0.25, 0.3) is 0 Å². The summed E-state index contributed by atoms with van der Waals surface area (Å²) in [7, 11) is 0. The molecule has 0 aliphatic rings. The van der Waals surface area contributed by atoms with Gasteiger partial charge in [0, 0.05) is 0 Å². The fourth-order valence-electron chi connectivity index (χ4n) is 2.04. The van der Waals surface area contributed by atoms with Crippen molar-refractivity contribution in [2.75, 3.05) is 6.54 Å². The van der Waals surface area contributed by atoms with Crippen LogP contribution >= 0.6 is 11.5 Å². The van der Waals surface area contributed by atoms with Gasteiger partial charge in [0.15, 0.2) is 0 Å². The molecular weight excluding hydrogens is 242 g/mol. The van der Waals surface area contributed by atoms with Crippen molar-refractivity contribution >= 4 is 11.5 Å². The summed E-state index contributed by atoms with van der Waals surface area (Å²) in [6.07, 6.45) is 2.98. The fourth-order valence-corrected chi connectivity index (χ4v) is 2.64. The van der Waals surface area contributed by atoms with Crippen LogP contribution in [0.3, 0.4) is 0 Å². The summed E-state index contributed by atoms with van der Waals surface area (Å²) in [5.41, 5.74) is 4.00. The number of rotatable bonds is 5. The maximum absolute atomic E-state index is 3.98. The highest BCUT2D eigenvalue weighted by Gasteiger charge is 2.18. The van der Waals surface area contributed by atoms with E-state index in [1.807, 2.05) is 6.20 Å². The van der Waals surface area contributed by atoms with Crippen LogP contribution in [-0.4, -0.2) is 16.1 Å². The van der Waals surface area contributed by atoms with Gasteiger partial charge in [-0.05, 0) is 55.0 Å². The van der Waals surface area contributed by atoms with Crippen molar-refractivity contribution in [1.82, 2.24) is 14.9 Å². The molecule has 2 rings (SSSR count). The Morgan fingerprint density at radius 1 is 1.33 bits per heavy atom. The van der Waals surface area contributed by atoms with Gasteiger partial charge >= 0.3 is 0 Å². The van der Waals surface area contributed by atoms with Crippen LogP contribution < -0.4 is 5.32 Å². The maximum Gasteiger partial charge on any atom is 0.0706 e. The van der Waals surface area contributed by atoms with Crippen LogP contribution in [0.15, 0.2) is 24.4 Å². The average Bonchev–Trinajstić information content (AvgIpc) is 2.88. The highest BCUT2D eigenvalue weighted by molar-refractivity contribution is 7.05. The van der Waals surface area contributed by atoms with E-state index in [1.165, 1.54) is 33.1 Å². The first-order valence-electron chi connectivity index (χ1n) is 6.30. The summed E-state index contributed by atoms with van der Waals surface area (Å²) in [5.74, 6) is 0. The Morgan fingerprint density at radius 2 is 2.17 bits per heavy atom. The minimum Gasteiger partial charge on any atom is -0.305 e. The van der Waals surface area contributed by atoms with Crippen molar-refractivity contribution in [2.45, 2.75) is 33.2 Å². The SMILES string of the molecule is CCCNC(c1cnns1)c1cccc(C)c1C. The number of aromatic nitrogens is 2. The molecule has 0 aliphatic carbocycles. The number of benzene rings is 1. The predicted molar refractivity (Wildman–Crippen MR) is 76.0 cm³/mol. The van der Waals surface area contributed by atoms with Gasteiger partial charge in [0.2, 0.25) is 0 Å². The third kappa shape index (κ3) is 2.76. The van der Waals surface area contributed by atoms with E-state index in [0.29, 0.717) is 0 Å². The second-order valence-electron chi connectivity index (χ2n) is 4.50. The quantitative estimate of drug-likeness (QED) is 0.898. The van der Waals surface area contributed by atoms with Crippen LogP contribution in [0.5, 0.6) is 0 Å². The number of hydrogen-bond acceptors (Lipinski definition) is 4. The molecule has 1 aromatic carbocycles. The van der Waals surface area contributed by atoms with Crippen molar-refractivity contribution in [3.8, 4) is 0 Å². The molecule has 0 aliphatic heterocycles. The van der Waals surface area contributed by atoms with Gasteiger partial charge in [-0.25, -0.2) is 0 Å². The zero-order valence-electron chi connectivity index (χ0n) is 11.1. The van der Waals surface area contributed by atoms with E-state index in [1.54, 1.807) is 0 Å². The lowest BCUT2D eigenvalue weighted by molar-refractivity contribution is 0.602. The zero-order valence-corrected chi connectivity index (χ0v) is 11.9. The predicted octanol–water partition coefficient (Wildman–Crippen LogP) is 3.24. The maximum atomic E-state index is 3.98. The van der Waals surface area contributed by atoms with Gasteiger partial charge in [-0.1, -0.05) is 29.6 Å². The topological polar surface area (TPSA) is 37.8 Å². The molecule has 2 aromatic rings. The van der Waals surface area contributed by atoms with E-state index in [-0.39, 0.29) is 6.04 Å². The molecule has 1 unspecified atom stereocenters. The van der Waals surface area contributed by atoms with Crippen LogP contribution in [-0.2, 0) is 0 Å². The highest BCUT2D eigenvalue weighted by atomic mass is 32.1. The van der Waals surface area contributed by atoms with E-state index >= 15 is 0 Å². The van der Waals surface area contributed by atoms with E-state index in [9.17, 15) is 0 Å². The van der Waals surface area contributed by atoms with Gasteiger partial charge in [0.1, 0.15) is 0 Å². The lowest BCUT2D eigenvalue weighted by Gasteiger charge is -2.20. The zero-order chi connectivity index (χ0) is 13.0. The molecule has 96 valence electrons. The Hall–Kier alpha value is -1.26. The third-order valence-corrected chi connectivity index (χ3v) is 3.95. The summed E-state index contributed by atoms with van der Waals surface area (Å²) in [6, 6.07) is 6.67. The molecule has 1 atom stereocenters. The number of nitrogens with zero attached hydrogens (tertiary/aromatic N) is 2. The molecule has 1 aromatic heterocycles. The average molecular weight is 261 g/mol. The summed E-state index contributed by atoms with van der Waals surface area (Å²) in [6.45, 7) is 7.51. The molecule has 0 saturated carbocycles. The van der Waals surface area contributed by atoms with Gasteiger partial charge in [-0.3, -0.25) is 0 Å². The molecule has 0 radical (unpaired) electrons. The molecule has 0 spiro atoms. The number of nitrogens with one attached hydrogen (secondary N) is 1. The Bertz CT molecular complexity index is 494. The Balaban J connectivity index is 2.37. The lowest BCUT2D eigenvalue weighted by atomic mass is 9.96. The number of aryl methyl sites for hydroxylation is 1. The molecule has 0 saturated heterocycles. The van der Waals surface area contributed by atoms with Gasteiger partial charge < -0.3 is 5.32 Å². The van der Waals surface area contributed by atoms with Crippen LogP contribution in [0.1, 0.15) is 41.0 Å². The molecule has 4 heteroatoms. The van der Waals surface area contributed by atoms with Crippen molar-refractivity contribution in [3.05, 3.63) is 46.0 Å². The minimum absolute atomic E-state index is 0.213. The standard InChI is InChI=1S/C14H19N3S/c1-4-8-15-14(13-9-16-17-18-13)12-7-5-6-10(2)11(12)3/h5-7,9,14-15H,4,8H2,1-3H3. The van der Waals surface area contributed by atoms with Crippen molar-refractivity contribution in [1.29, 1.82) is 0 Å². The molecule has 3 nitrogen and oxygen atoms in total. The monoisotopic (exact) mass is 261 g/mol. The van der Waals surface area contributed by atoms with E-state index in [2.05, 4.69) is 53.9 Å². The molecule has 1 N–H and O–H groups in total. The van der Waals surface area contributed by atoms with E-state index in [0.717, 1.165) is 13.0 Å². The normalized spacial score (nSPS) is 12.6. The minimum atomic E-state index is 0.213. The Morgan fingerprint density at radius 3 is 2.83 bits per heavy atom. The Labute approximate surface area is 112 Å². The van der Waals surface area contributed by atoms with Crippen molar-refractivity contribution < 1.29 is 0 Å².